The number of carbonyl (C=O) groups is 4. The molecule has 32 heteroatoms. The van der Waals surface area contributed by atoms with Gasteiger partial charge in [-0.3, -0.25) is 9.13 Å². The van der Waals surface area contributed by atoms with Crippen molar-refractivity contribution in [3.63, 3.8) is 0 Å². The molecule has 0 radical (unpaired) electrons. The normalized spacial score (nSPS) is 11.1. The molecule has 0 aliphatic rings. The maximum absolute atomic E-state index is 14.2. The summed E-state index contributed by atoms with van der Waals surface area (Å²) in [6.07, 6.45) is 0. The third-order valence-electron chi connectivity index (χ3n) is 13.3. The lowest BCUT2D eigenvalue weighted by molar-refractivity contribution is -0.150. The number of ether oxygens (including phenoxy) is 4. The SMILES string of the molecule is CC#N.CC(O)=C(N=O)C(=O)OC(C)(C)C.Cc1[nH]c(-c2cccs2)nc1C(=O)OC(C)(C)C.Cc1c(C(=O)OC(C)(C)C)nc(-c2cccs2)n1-c1ccc(C#N)c(F)c1.Cc1c(C(=O)OC(C)(C)C)nc(-c2cccs2)n1-c1ccc2c(N)nc(N)nc2c1.N#Cc1ccc(F)cc1F.NCc1cccs1. The number of aromatic amines is 1. The Bertz CT molecular complexity index is 5080. The monoisotopic (exact) mass is 1550 g/mol. The first-order chi connectivity index (χ1) is 50.6. The molecule has 3 aromatic carbocycles. The van der Waals surface area contributed by atoms with Gasteiger partial charge in [-0.15, -0.1) is 50.3 Å². The Hall–Kier alpha value is -11.7. The van der Waals surface area contributed by atoms with Gasteiger partial charge in [-0.1, -0.05) is 24.3 Å². The first-order valence-corrected chi connectivity index (χ1v) is 36.0. The van der Waals surface area contributed by atoms with Gasteiger partial charge in [0.15, 0.2) is 28.7 Å². The molecule has 8 N–H and O–H groups in total. The van der Waals surface area contributed by atoms with Crippen LogP contribution in [0.15, 0.2) is 141 Å². The van der Waals surface area contributed by atoms with E-state index in [2.05, 4.69) is 35.1 Å². The first-order valence-electron chi connectivity index (χ1n) is 32.5. The highest BCUT2D eigenvalue weighted by molar-refractivity contribution is 7.14. The summed E-state index contributed by atoms with van der Waals surface area (Å²) < 4.78 is 63.5. The molecule has 0 aliphatic heterocycles. The van der Waals surface area contributed by atoms with Gasteiger partial charge in [0.25, 0.3) is 0 Å². The number of imidazole rings is 3. The number of carbonyl (C=O) groups excluding carboxylic acids is 4. The average Bonchev–Trinajstić information content (AvgIpc) is 1.59. The van der Waals surface area contributed by atoms with Crippen molar-refractivity contribution in [3.05, 3.63) is 209 Å². The summed E-state index contributed by atoms with van der Waals surface area (Å²) in [6, 6.07) is 33.5. The van der Waals surface area contributed by atoms with Gasteiger partial charge in [-0.05, 0) is 210 Å². The summed E-state index contributed by atoms with van der Waals surface area (Å²) in [5.41, 5.74) is 18.4. The number of anilines is 2. The zero-order valence-corrected chi connectivity index (χ0v) is 65.6. The van der Waals surface area contributed by atoms with Crippen molar-refractivity contribution in [3.8, 4) is 61.7 Å². The summed E-state index contributed by atoms with van der Waals surface area (Å²) in [5.74, 6) is -2.55. The second-order valence-corrected chi connectivity index (χ2v) is 30.5. The zero-order chi connectivity index (χ0) is 80.8. The van der Waals surface area contributed by atoms with Crippen LogP contribution in [-0.4, -0.2) is 90.4 Å². The van der Waals surface area contributed by atoms with Gasteiger partial charge in [0.2, 0.25) is 11.6 Å². The number of H-pyrrole nitrogens is 1. The molecule has 0 amide bonds. The van der Waals surface area contributed by atoms with Gasteiger partial charge in [-0.2, -0.15) is 20.8 Å². The Morgan fingerprint density at radius 1 is 0.574 bits per heavy atom. The first kappa shape index (κ1) is 86.9. The number of nitrogen functional groups attached to an aromatic ring is 2. The van der Waals surface area contributed by atoms with Crippen molar-refractivity contribution in [2.75, 3.05) is 11.5 Å². The number of thiophene rings is 4. The van der Waals surface area contributed by atoms with Gasteiger partial charge in [-0.25, -0.2) is 52.3 Å². The van der Waals surface area contributed by atoms with E-state index in [4.69, 9.17) is 57.0 Å². The topological polar surface area (TPSA) is 394 Å². The Morgan fingerprint density at radius 3 is 1.39 bits per heavy atom. The molecule has 11 rings (SSSR count). The maximum Gasteiger partial charge on any atom is 0.364 e. The number of hydrogen-bond donors (Lipinski definition) is 5. The van der Waals surface area contributed by atoms with E-state index in [1.54, 1.807) is 93.9 Å². The van der Waals surface area contributed by atoms with Crippen LogP contribution in [0, 0.1) is 77.1 Å². The molecule has 0 saturated heterocycles. The molecule has 566 valence electrons. The van der Waals surface area contributed by atoms with E-state index < -0.39 is 69.2 Å². The Morgan fingerprint density at radius 2 is 1.00 bits per heavy atom. The van der Waals surface area contributed by atoms with Crippen LogP contribution in [0.25, 0.3) is 54.4 Å². The fraction of sp³-hybridized carbons (Fsp3) is 0.289. The third kappa shape index (κ3) is 25.5. The lowest BCUT2D eigenvalue weighted by Crippen LogP contribution is -2.24. The minimum Gasteiger partial charge on any atom is -0.510 e. The van der Waals surface area contributed by atoms with Crippen LogP contribution in [0.4, 0.5) is 24.9 Å². The third-order valence-corrected chi connectivity index (χ3v) is 16.8. The predicted molar refractivity (Wildman–Crippen MR) is 414 cm³/mol. The number of nitroso groups, excluding NO2 is 1. The van der Waals surface area contributed by atoms with Crippen molar-refractivity contribution in [1.82, 2.24) is 39.0 Å². The van der Waals surface area contributed by atoms with Gasteiger partial charge in [0.1, 0.15) is 69.4 Å². The van der Waals surface area contributed by atoms with E-state index in [1.807, 2.05) is 154 Å². The maximum atomic E-state index is 14.2. The number of nitrogens with one attached hydrogen (secondary N) is 1. The lowest BCUT2D eigenvalue weighted by Gasteiger charge is -2.19. The lowest BCUT2D eigenvalue weighted by atomic mass is 10.2. The number of esters is 4. The van der Waals surface area contributed by atoms with Crippen LogP contribution in [-0.2, 0) is 30.3 Å². The molecule has 0 aliphatic carbocycles. The summed E-state index contributed by atoms with van der Waals surface area (Å²) in [7, 11) is 0. The Balaban J connectivity index is 0.000000244. The van der Waals surface area contributed by atoms with E-state index in [1.165, 1.54) is 53.5 Å². The second-order valence-electron chi connectivity index (χ2n) is 26.6. The number of halogens is 3. The van der Waals surface area contributed by atoms with Crippen molar-refractivity contribution < 1.29 is 56.4 Å². The number of aromatic nitrogens is 8. The molecule has 25 nitrogen and oxygen atoms in total. The van der Waals surface area contributed by atoms with Gasteiger partial charge < -0.3 is 46.2 Å². The molecule has 8 heterocycles. The Labute approximate surface area is 638 Å². The number of allylic oxidation sites excluding steroid dienone is 1. The van der Waals surface area contributed by atoms with Crippen molar-refractivity contribution >= 4 is 91.9 Å². The van der Waals surface area contributed by atoms with Gasteiger partial charge in [0.05, 0.1) is 54.4 Å². The molecular formula is C76H82F3N15O10S4. The number of aliphatic hydroxyl groups is 1. The number of fused-ring (bicyclic) bond motifs is 1. The molecule has 0 atom stereocenters. The van der Waals surface area contributed by atoms with E-state index in [0.29, 0.717) is 69.6 Å². The average molecular weight is 1550 g/mol. The molecule has 0 spiro atoms. The molecule has 0 saturated carbocycles. The highest BCUT2D eigenvalue weighted by Gasteiger charge is 2.30. The number of rotatable bonds is 11. The summed E-state index contributed by atoms with van der Waals surface area (Å²) in [5, 5.41) is 44.3. The smallest absolute Gasteiger partial charge is 0.364 e. The molecule has 0 fully saturated rings. The number of benzene rings is 3. The minimum absolute atomic E-state index is 0.0402. The number of nitrogens with zero attached hydrogens (tertiary/aromatic N) is 11. The van der Waals surface area contributed by atoms with Crippen LogP contribution in [0.2, 0.25) is 0 Å². The number of nitriles is 3. The minimum atomic E-state index is -0.914. The molecule has 0 unspecified atom stereocenters. The van der Waals surface area contributed by atoms with Crippen molar-refractivity contribution in [2.45, 2.75) is 147 Å². The molecular weight excluding hydrogens is 1470 g/mol. The molecule has 0 bridgehead atoms. The van der Waals surface area contributed by atoms with Crippen LogP contribution in [0.5, 0.6) is 0 Å². The predicted octanol–water partition coefficient (Wildman–Crippen LogP) is 17.7. The molecule has 8 aromatic heterocycles. The van der Waals surface area contributed by atoms with E-state index in [0.717, 1.165) is 38.1 Å². The van der Waals surface area contributed by atoms with E-state index >= 15 is 0 Å². The fourth-order valence-corrected chi connectivity index (χ4v) is 11.6. The number of aryl methyl sites for hydroxylation is 1. The standard InChI is InChI=1S/C21H22N6O2S.C20H18FN3O2S.C13H16N2O2S.C8H13NO4.C7H3F2N.C5H7NS.C2H3N/c1-11-16(19(28)29-21(2,3)4)25-18(15-6-5-9-30-15)27(11)12-7-8-13-14(10-12)24-20(23)26-17(13)22;1-12-17(19(25)26-20(2,3)4)23-18(16-6-5-9-27-16)24(12)14-8-7-13(11-22)15(21)10-14;1-8-10(12(16)17-13(2,3)4)15-11(14-8)9-6-5-7-18-9;1-5(10)6(9-12)7(11)13-8(2,3)4;8-6-2-1-5(4-10)7(9)3-6;6-4-5-2-1-3-7-5;1-2-3/h5-10H,1-4H3,(H4,22,23,24,26);5-10H,1-4H3;5-7H,1-4H3,(H,14,15);10H,1-4H3;1-3H;1-3H,4,6H2;1H3. The molecule has 108 heavy (non-hydrogen) atoms. The summed E-state index contributed by atoms with van der Waals surface area (Å²) >= 11 is 6.28. The largest absolute Gasteiger partial charge is 0.510 e. The fourth-order valence-electron chi connectivity index (χ4n) is 8.95. The van der Waals surface area contributed by atoms with Crippen LogP contribution in [0.3, 0.4) is 0 Å². The van der Waals surface area contributed by atoms with Crippen LogP contribution in [0.1, 0.15) is 161 Å². The number of hydrogen-bond acceptors (Lipinski definition) is 26. The van der Waals surface area contributed by atoms with Crippen molar-refractivity contribution in [1.29, 1.82) is 15.8 Å². The van der Waals surface area contributed by atoms with E-state index in [-0.39, 0.29) is 34.4 Å². The molecule has 11 aromatic rings. The van der Waals surface area contributed by atoms with Crippen LogP contribution < -0.4 is 17.2 Å². The summed E-state index contributed by atoms with van der Waals surface area (Å²) in [6.45, 7) is 30.0. The van der Waals surface area contributed by atoms with E-state index in [9.17, 15) is 37.3 Å². The highest BCUT2D eigenvalue weighted by atomic mass is 32.1. The number of nitrogens with two attached hydrogens (primary N) is 3. The number of aliphatic hydroxyl groups excluding tert-OH is 1. The zero-order valence-electron chi connectivity index (χ0n) is 62.4. The highest BCUT2D eigenvalue weighted by Crippen LogP contribution is 2.34. The Kier molecular flexibility index (Phi) is 31.0. The summed E-state index contributed by atoms with van der Waals surface area (Å²) in [4.78, 5) is 87.5. The quantitative estimate of drug-likeness (QED) is 0.0264. The van der Waals surface area contributed by atoms with Crippen molar-refractivity contribution in [2.24, 2.45) is 10.9 Å². The van der Waals surface area contributed by atoms with Gasteiger partial charge >= 0.3 is 23.9 Å². The second kappa shape index (κ2) is 38.5. The van der Waals surface area contributed by atoms with Gasteiger partial charge in [0, 0.05) is 41.2 Å². The van der Waals surface area contributed by atoms with Crippen LogP contribution >= 0.6 is 45.3 Å².